The number of aromatic nitrogens is 4. The fourth-order valence-electron chi connectivity index (χ4n) is 2.17. The highest BCUT2D eigenvalue weighted by atomic mass is 35.5. The number of hydrazone groups is 1. The minimum Gasteiger partial charge on any atom is -0.294 e. The van der Waals surface area contributed by atoms with E-state index in [0.717, 1.165) is 22.1 Å². The second-order valence-corrected chi connectivity index (χ2v) is 6.02. The molecule has 0 fully saturated rings. The molecule has 0 saturated carbocycles. The van der Waals surface area contributed by atoms with Crippen LogP contribution in [0.15, 0.2) is 33.7 Å². The summed E-state index contributed by atoms with van der Waals surface area (Å²) < 4.78 is 2.06. The summed E-state index contributed by atoms with van der Waals surface area (Å²) in [5.74, 6) is 0. The molecule has 0 aliphatic carbocycles. The highest BCUT2D eigenvalue weighted by Crippen LogP contribution is 2.21. The largest absolute Gasteiger partial charge is 0.294 e. The molecule has 0 unspecified atom stereocenters. The number of H-pyrrole nitrogens is 1. The average molecular weight is 349 g/mol. The van der Waals surface area contributed by atoms with E-state index < -0.39 is 5.56 Å². The van der Waals surface area contributed by atoms with Gasteiger partial charge in [-0.2, -0.15) is 10.2 Å². The number of halogens is 1. The Balaban J connectivity index is 1.85. The summed E-state index contributed by atoms with van der Waals surface area (Å²) in [6, 6.07) is 2.01. The molecular weight excluding hydrogens is 336 g/mol. The molecule has 3 rings (SSSR count). The lowest BCUT2D eigenvalue weighted by Gasteiger charge is -2.04. The first-order valence-electron chi connectivity index (χ1n) is 6.69. The smallest absolute Gasteiger partial charge is 0.285 e. The van der Waals surface area contributed by atoms with E-state index >= 15 is 0 Å². The van der Waals surface area contributed by atoms with Gasteiger partial charge in [0.2, 0.25) is 0 Å². The Hall–Kier alpha value is -2.45. The number of thiazole rings is 1. The maximum absolute atomic E-state index is 11.4. The highest BCUT2D eigenvalue weighted by Gasteiger charge is 2.11. The van der Waals surface area contributed by atoms with E-state index in [1.165, 1.54) is 6.20 Å². The summed E-state index contributed by atoms with van der Waals surface area (Å²) in [5, 5.41) is 12.9. The Kier molecular flexibility index (Phi) is 4.26. The lowest BCUT2D eigenvalue weighted by Crippen LogP contribution is -2.10. The lowest BCUT2D eigenvalue weighted by atomic mass is 10.3. The van der Waals surface area contributed by atoms with Crippen molar-refractivity contribution in [2.75, 3.05) is 5.43 Å². The minimum atomic E-state index is -0.464. The van der Waals surface area contributed by atoms with Crippen molar-refractivity contribution in [1.82, 2.24) is 19.7 Å². The zero-order valence-electron chi connectivity index (χ0n) is 12.4. The van der Waals surface area contributed by atoms with E-state index in [-0.39, 0.29) is 5.02 Å². The fourth-order valence-corrected chi connectivity index (χ4v) is 3.06. The molecular formula is C14H13ClN6OS. The first-order chi connectivity index (χ1) is 11.1. The Bertz CT molecular complexity index is 912. The predicted molar refractivity (Wildman–Crippen MR) is 92.0 cm³/mol. The van der Waals surface area contributed by atoms with E-state index in [1.54, 1.807) is 23.7 Å². The van der Waals surface area contributed by atoms with Gasteiger partial charge in [-0.05, 0) is 19.9 Å². The van der Waals surface area contributed by atoms with E-state index in [2.05, 4.69) is 30.3 Å². The molecule has 0 bridgehead atoms. The normalized spacial score (nSPS) is 11.3. The monoisotopic (exact) mass is 348 g/mol. The highest BCUT2D eigenvalue weighted by molar-refractivity contribution is 7.12. The van der Waals surface area contributed by atoms with Gasteiger partial charge < -0.3 is 0 Å². The topological polar surface area (TPSA) is 88.0 Å². The summed E-state index contributed by atoms with van der Waals surface area (Å²) in [6.07, 6.45) is 4.85. The zero-order valence-corrected chi connectivity index (χ0v) is 13.9. The Morgan fingerprint density at radius 3 is 3.04 bits per heavy atom. The van der Waals surface area contributed by atoms with Crippen LogP contribution >= 0.6 is 22.9 Å². The number of aromatic amines is 1. The maximum atomic E-state index is 11.4. The van der Waals surface area contributed by atoms with Crippen LogP contribution < -0.4 is 11.0 Å². The molecule has 3 aromatic heterocycles. The van der Waals surface area contributed by atoms with E-state index in [0.29, 0.717) is 5.69 Å². The van der Waals surface area contributed by atoms with Crippen LogP contribution in [0.5, 0.6) is 0 Å². The molecule has 0 aliphatic rings. The summed E-state index contributed by atoms with van der Waals surface area (Å²) in [7, 11) is 0. The van der Waals surface area contributed by atoms with Gasteiger partial charge in [0.25, 0.3) is 5.56 Å². The van der Waals surface area contributed by atoms with Crippen molar-refractivity contribution in [2.45, 2.75) is 13.8 Å². The molecule has 2 N–H and O–H groups in total. The van der Waals surface area contributed by atoms with Crippen LogP contribution in [-0.2, 0) is 0 Å². The second-order valence-electron chi connectivity index (χ2n) is 4.77. The van der Waals surface area contributed by atoms with Crippen LogP contribution in [0.1, 0.15) is 17.0 Å². The summed E-state index contributed by atoms with van der Waals surface area (Å²) >= 11 is 7.44. The van der Waals surface area contributed by atoms with Gasteiger partial charge in [0, 0.05) is 28.5 Å². The van der Waals surface area contributed by atoms with Gasteiger partial charge in [0.05, 0.1) is 12.4 Å². The number of aryl methyl sites for hydroxylation is 1. The van der Waals surface area contributed by atoms with Crippen molar-refractivity contribution in [3.8, 4) is 5.13 Å². The summed E-state index contributed by atoms with van der Waals surface area (Å²) in [4.78, 5) is 15.7. The number of hydrogen-bond donors (Lipinski definition) is 2. The van der Waals surface area contributed by atoms with Crippen molar-refractivity contribution in [2.24, 2.45) is 5.10 Å². The van der Waals surface area contributed by atoms with Gasteiger partial charge in [0.1, 0.15) is 10.7 Å². The molecule has 118 valence electrons. The maximum Gasteiger partial charge on any atom is 0.285 e. The van der Waals surface area contributed by atoms with Gasteiger partial charge in [-0.1, -0.05) is 11.6 Å². The van der Waals surface area contributed by atoms with Crippen LogP contribution in [0.4, 0.5) is 5.69 Å². The third-order valence-electron chi connectivity index (χ3n) is 3.27. The van der Waals surface area contributed by atoms with Gasteiger partial charge in [0.15, 0.2) is 5.13 Å². The third kappa shape index (κ3) is 3.03. The molecule has 0 amide bonds. The van der Waals surface area contributed by atoms with Gasteiger partial charge in [-0.25, -0.2) is 10.1 Å². The van der Waals surface area contributed by atoms with Crippen molar-refractivity contribution >= 4 is 34.8 Å². The molecule has 0 aliphatic heterocycles. The van der Waals surface area contributed by atoms with Crippen molar-refractivity contribution < 1.29 is 0 Å². The molecule has 0 aromatic carbocycles. The molecule has 0 saturated heterocycles. The van der Waals surface area contributed by atoms with Crippen molar-refractivity contribution in [3.05, 3.63) is 56.2 Å². The molecule has 0 radical (unpaired) electrons. The first kappa shape index (κ1) is 15.4. The van der Waals surface area contributed by atoms with Crippen LogP contribution in [0.3, 0.4) is 0 Å². The molecule has 3 heterocycles. The first-order valence-corrected chi connectivity index (χ1v) is 7.94. The molecule has 9 heteroatoms. The van der Waals surface area contributed by atoms with E-state index in [9.17, 15) is 4.79 Å². The number of rotatable bonds is 4. The van der Waals surface area contributed by atoms with Crippen LogP contribution in [-0.4, -0.2) is 26.0 Å². The number of nitrogens with one attached hydrogen (secondary N) is 2. The third-order valence-corrected chi connectivity index (χ3v) is 4.40. The standard InChI is InChI=1S/C14H13ClN6OS/c1-8-5-10(9(2)21(8)14-16-3-4-23-14)6-17-19-11-7-18-20-13(22)12(11)15/h3-7H,1-2H3,(H2,19,20,22)/b17-6-. The predicted octanol–water partition coefficient (Wildman–Crippen LogP) is 2.73. The van der Waals surface area contributed by atoms with Crippen molar-refractivity contribution in [1.29, 1.82) is 0 Å². The van der Waals surface area contributed by atoms with Crippen LogP contribution in [0, 0.1) is 13.8 Å². The fraction of sp³-hybridized carbons (Fsp3) is 0.143. The number of hydrogen-bond acceptors (Lipinski definition) is 6. The molecule has 7 nitrogen and oxygen atoms in total. The zero-order chi connectivity index (χ0) is 16.4. The summed E-state index contributed by atoms with van der Waals surface area (Å²) in [6.45, 7) is 4.01. The Labute approximate surface area is 140 Å². The molecule has 23 heavy (non-hydrogen) atoms. The van der Waals surface area contributed by atoms with Gasteiger partial charge in [-0.3, -0.25) is 14.8 Å². The molecule has 0 atom stereocenters. The summed E-state index contributed by atoms with van der Waals surface area (Å²) in [5.41, 5.74) is 5.64. The van der Waals surface area contributed by atoms with Gasteiger partial charge in [-0.15, -0.1) is 11.3 Å². The lowest BCUT2D eigenvalue weighted by molar-refractivity contribution is 0.949. The van der Waals surface area contributed by atoms with Crippen LogP contribution in [0.2, 0.25) is 5.02 Å². The van der Waals surface area contributed by atoms with Gasteiger partial charge >= 0.3 is 0 Å². The average Bonchev–Trinajstić information content (AvgIpc) is 3.12. The van der Waals surface area contributed by atoms with Crippen LogP contribution in [0.25, 0.3) is 5.13 Å². The van der Waals surface area contributed by atoms with E-state index in [1.807, 2.05) is 25.3 Å². The molecule has 3 aromatic rings. The van der Waals surface area contributed by atoms with E-state index in [4.69, 9.17) is 11.6 Å². The number of anilines is 1. The Morgan fingerprint density at radius 1 is 1.48 bits per heavy atom. The SMILES string of the molecule is Cc1cc(/C=N\Nc2cn[nH]c(=O)c2Cl)c(C)n1-c1nccs1. The van der Waals surface area contributed by atoms with Crippen molar-refractivity contribution in [3.63, 3.8) is 0 Å². The molecule has 0 spiro atoms. The Morgan fingerprint density at radius 2 is 2.30 bits per heavy atom. The number of nitrogens with zero attached hydrogens (tertiary/aromatic N) is 4. The second kappa shape index (κ2) is 6.35. The minimum absolute atomic E-state index is 0.0189. The quantitative estimate of drug-likeness (QED) is 0.560.